The van der Waals surface area contributed by atoms with Gasteiger partial charge in [-0.15, -0.1) is 0 Å². The number of nitrogens with one attached hydrogen (secondary N) is 2. The summed E-state index contributed by atoms with van der Waals surface area (Å²) < 4.78 is 7.30. The minimum atomic E-state index is -0.154. The number of carbonyl (C=O) groups is 1. The van der Waals surface area contributed by atoms with Crippen LogP contribution < -0.4 is 10.6 Å². The van der Waals surface area contributed by atoms with Gasteiger partial charge in [0.05, 0.1) is 35.5 Å². The first-order valence-corrected chi connectivity index (χ1v) is 9.27. The number of rotatable bonds is 6. The van der Waals surface area contributed by atoms with E-state index in [1.165, 1.54) is 0 Å². The van der Waals surface area contributed by atoms with E-state index in [4.69, 9.17) is 4.74 Å². The summed E-state index contributed by atoms with van der Waals surface area (Å²) in [7, 11) is 0. The van der Waals surface area contributed by atoms with Crippen LogP contribution in [0.2, 0.25) is 0 Å². The molecule has 1 amide bonds. The fraction of sp³-hybridized carbons (Fsp3) is 0.350. The monoisotopic (exact) mass is 365 g/mol. The van der Waals surface area contributed by atoms with E-state index in [9.17, 15) is 4.79 Å². The normalized spacial score (nSPS) is 16.6. The van der Waals surface area contributed by atoms with Crippen LogP contribution in [0.15, 0.2) is 42.7 Å². The number of hydrogen-bond donors (Lipinski definition) is 2. The quantitative estimate of drug-likeness (QED) is 0.702. The lowest BCUT2D eigenvalue weighted by Gasteiger charge is -2.17. The Balaban J connectivity index is 1.64. The molecule has 1 saturated heterocycles. The van der Waals surface area contributed by atoms with Crippen LogP contribution in [0.4, 0.5) is 5.69 Å². The van der Waals surface area contributed by atoms with Gasteiger partial charge in [-0.3, -0.25) is 4.79 Å². The van der Waals surface area contributed by atoms with Gasteiger partial charge in [-0.1, -0.05) is 30.3 Å². The van der Waals surface area contributed by atoms with E-state index in [1.54, 1.807) is 12.4 Å². The Bertz CT molecular complexity index is 932. The fourth-order valence-electron chi connectivity index (χ4n) is 3.31. The van der Waals surface area contributed by atoms with Crippen molar-refractivity contribution in [3.63, 3.8) is 0 Å². The summed E-state index contributed by atoms with van der Waals surface area (Å²) >= 11 is 0. The van der Waals surface area contributed by atoms with Gasteiger partial charge in [0.25, 0.3) is 5.91 Å². The summed E-state index contributed by atoms with van der Waals surface area (Å²) in [6, 6.07) is 10.0. The second kappa shape index (κ2) is 7.75. The Morgan fingerprint density at radius 2 is 2.15 bits per heavy atom. The Kier molecular flexibility index (Phi) is 5.02. The first-order valence-electron chi connectivity index (χ1n) is 9.27. The van der Waals surface area contributed by atoms with E-state index < -0.39 is 0 Å². The van der Waals surface area contributed by atoms with E-state index in [2.05, 4.69) is 20.7 Å². The SMILES string of the molecule is CCn1ncc2c(NC3CCOC3)c(C(=O)NCc3ccccc3)cnc21. The van der Waals surface area contributed by atoms with E-state index in [-0.39, 0.29) is 11.9 Å². The fourth-order valence-corrected chi connectivity index (χ4v) is 3.31. The lowest BCUT2D eigenvalue weighted by molar-refractivity contribution is 0.0951. The number of aromatic nitrogens is 3. The van der Waals surface area contributed by atoms with Crippen molar-refractivity contribution < 1.29 is 9.53 Å². The van der Waals surface area contributed by atoms with Crippen LogP contribution in [0, 0.1) is 0 Å². The van der Waals surface area contributed by atoms with Crippen LogP contribution in [-0.2, 0) is 17.8 Å². The van der Waals surface area contributed by atoms with Crippen LogP contribution >= 0.6 is 0 Å². The lowest BCUT2D eigenvalue weighted by atomic mass is 10.1. The molecule has 140 valence electrons. The molecule has 2 aromatic heterocycles. The predicted octanol–water partition coefficient (Wildman–Crippen LogP) is 2.58. The maximum Gasteiger partial charge on any atom is 0.255 e. The highest BCUT2D eigenvalue weighted by Gasteiger charge is 2.22. The highest BCUT2D eigenvalue weighted by molar-refractivity contribution is 6.06. The van der Waals surface area contributed by atoms with Crippen LogP contribution in [0.25, 0.3) is 11.0 Å². The molecule has 0 aliphatic carbocycles. The third kappa shape index (κ3) is 3.64. The topological polar surface area (TPSA) is 81.1 Å². The number of benzene rings is 1. The zero-order valence-electron chi connectivity index (χ0n) is 15.3. The van der Waals surface area contributed by atoms with Crippen LogP contribution in [0.5, 0.6) is 0 Å². The van der Waals surface area contributed by atoms with Crippen molar-refractivity contribution in [2.24, 2.45) is 0 Å². The van der Waals surface area contributed by atoms with E-state index >= 15 is 0 Å². The first kappa shape index (κ1) is 17.5. The number of carbonyl (C=O) groups excluding carboxylic acids is 1. The predicted molar refractivity (Wildman–Crippen MR) is 104 cm³/mol. The number of ether oxygens (including phenoxy) is 1. The molecule has 2 N–H and O–H groups in total. The maximum absolute atomic E-state index is 12.9. The zero-order chi connectivity index (χ0) is 18.6. The molecular weight excluding hydrogens is 342 g/mol. The van der Waals surface area contributed by atoms with Crippen molar-refractivity contribution >= 4 is 22.6 Å². The van der Waals surface area contributed by atoms with E-state index in [0.29, 0.717) is 18.7 Å². The van der Waals surface area contributed by atoms with Gasteiger partial charge in [0, 0.05) is 25.9 Å². The molecule has 1 atom stereocenters. The Labute approximate surface area is 157 Å². The molecule has 27 heavy (non-hydrogen) atoms. The van der Waals surface area contributed by atoms with Crippen LogP contribution in [0.3, 0.4) is 0 Å². The molecule has 1 aromatic carbocycles. The molecule has 0 spiro atoms. The molecule has 4 rings (SSSR count). The molecule has 1 aliphatic rings. The summed E-state index contributed by atoms with van der Waals surface area (Å²) in [4.78, 5) is 17.4. The molecule has 1 fully saturated rings. The van der Waals surface area contributed by atoms with Gasteiger partial charge in [-0.2, -0.15) is 5.10 Å². The number of nitrogens with zero attached hydrogens (tertiary/aromatic N) is 3. The average Bonchev–Trinajstić information content (AvgIpc) is 3.36. The Hall–Kier alpha value is -2.93. The zero-order valence-corrected chi connectivity index (χ0v) is 15.3. The number of amides is 1. The van der Waals surface area contributed by atoms with Gasteiger partial charge in [0.15, 0.2) is 5.65 Å². The van der Waals surface area contributed by atoms with Gasteiger partial charge in [-0.25, -0.2) is 9.67 Å². The second-order valence-electron chi connectivity index (χ2n) is 6.62. The van der Waals surface area contributed by atoms with Gasteiger partial charge < -0.3 is 15.4 Å². The minimum absolute atomic E-state index is 0.154. The summed E-state index contributed by atoms with van der Waals surface area (Å²) in [5.74, 6) is -0.154. The van der Waals surface area contributed by atoms with Crippen molar-refractivity contribution in [2.45, 2.75) is 32.5 Å². The molecule has 3 aromatic rings. The van der Waals surface area contributed by atoms with Crippen LogP contribution in [0.1, 0.15) is 29.3 Å². The van der Waals surface area contributed by atoms with E-state index in [1.807, 2.05) is 41.9 Å². The number of hydrogen-bond acceptors (Lipinski definition) is 5. The molecule has 0 saturated carbocycles. The highest BCUT2D eigenvalue weighted by atomic mass is 16.5. The molecule has 0 bridgehead atoms. The summed E-state index contributed by atoms with van der Waals surface area (Å²) in [5, 5.41) is 11.7. The highest BCUT2D eigenvalue weighted by Crippen LogP contribution is 2.28. The molecular formula is C20H23N5O2. The molecule has 3 heterocycles. The van der Waals surface area contributed by atoms with Crippen molar-refractivity contribution in [3.05, 3.63) is 53.9 Å². The second-order valence-corrected chi connectivity index (χ2v) is 6.62. The van der Waals surface area contributed by atoms with Gasteiger partial charge in [-0.05, 0) is 18.9 Å². The smallest absolute Gasteiger partial charge is 0.255 e. The average molecular weight is 365 g/mol. The lowest BCUT2D eigenvalue weighted by Crippen LogP contribution is -2.26. The minimum Gasteiger partial charge on any atom is -0.379 e. The molecule has 1 aliphatic heterocycles. The summed E-state index contributed by atoms with van der Waals surface area (Å²) in [6.07, 6.45) is 4.32. The van der Waals surface area contributed by atoms with Crippen molar-refractivity contribution in [3.8, 4) is 0 Å². The number of aryl methyl sites for hydroxylation is 1. The summed E-state index contributed by atoms with van der Waals surface area (Å²) in [5.41, 5.74) is 3.14. The first-order chi connectivity index (χ1) is 13.3. The van der Waals surface area contributed by atoms with E-state index in [0.717, 1.165) is 41.9 Å². The van der Waals surface area contributed by atoms with Gasteiger partial charge >= 0.3 is 0 Å². The van der Waals surface area contributed by atoms with Gasteiger partial charge in [0.1, 0.15) is 0 Å². The number of fused-ring (bicyclic) bond motifs is 1. The third-order valence-corrected chi connectivity index (χ3v) is 4.78. The molecule has 1 unspecified atom stereocenters. The molecule has 7 heteroatoms. The largest absolute Gasteiger partial charge is 0.379 e. The molecule has 0 radical (unpaired) electrons. The molecule has 7 nitrogen and oxygen atoms in total. The van der Waals surface area contributed by atoms with Gasteiger partial charge in [0.2, 0.25) is 0 Å². The van der Waals surface area contributed by atoms with Crippen molar-refractivity contribution in [1.82, 2.24) is 20.1 Å². The standard InChI is InChI=1S/C20H23N5O2/c1-2-25-19-16(12-23-25)18(24-15-8-9-27-13-15)17(11-21-19)20(26)22-10-14-6-4-3-5-7-14/h3-7,11-12,15H,2,8-10,13H2,1H3,(H,21,24)(H,22,26). The third-order valence-electron chi connectivity index (χ3n) is 4.78. The number of pyridine rings is 1. The number of anilines is 1. The van der Waals surface area contributed by atoms with Crippen LogP contribution in [-0.4, -0.2) is 39.9 Å². The Morgan fingerprint density at radius 3 is 2.89 bits per heavy atom. The van der Waals surface area contributed by atoms with Crippen molar-refractivity contribution in [2.75, 3.05) is 18.5 Å². The van der Waals surface area contributed by atoms with Crippen molar-refractivity contribution in [1.29, 1.82) is 0 Å². The maximum atomic E-state index is 12.9. The summed E-state index contributed by atoms with van der Waals surface area (Å²) in [6.45, 7) is 4.58. The Morgan fingerprint density at radius 1 is 1.30 bits per heavy atom.